The fourth-order valence-corrected chi connectivity index (χ4v) is 2.51. The minimum Gasteiger partial charge on any atom is -0.465 e. The van der Waals surface area contributed by atoms with Crippen LogP contribution in [-0.4, -0.2) is 41.5 Å². The van der Waals surface area contributed by atoms with Gasteiger partial charge in [-0.15, -0.1) is 0 Å². The van der Waals surface area contributed by atoms with Crippen LogP contribution in [-0.2, 0) is 9.53 Å². The van der Waals surface area contributed by atoms with Gasteiger partial charge in [-0.25, -0.2) is 14.8 Å². The Balaban J connectivity index is 2.25. The van der Waals surface area contributed by atoms with Gasteiger partial charge in [0.2, 0.25) is 0 Å². The van der Waals surface area contributed by atoms with Crippen molar-refractivity contribution in [3.63, 3.8) is 0 Å². The number of amidine groups is 2. The molecule has 0 radical (unpaired) electrons. The monoisotopic (exact) mass is 369 g/mol. The van der Waals surface area contributed by atoms with Crippen molar-refractivity contribution in [2.75, 3.05) is 7.11 Å². The smallest absolute Gasteiger partial charge is 0.445 e. The van der Waals surface area contributed by atoms with Crippen LogP contribution in [0.2, 0.25) is 5.02 Å². The van der Waals surface area contributed by atoms with Crippen LogP contribution in [0, 0.1) is 0 Å². The Morgan fingerprint density at radius 3 is 2.48 bits per heavy atom. The summed E-state index contributed by atoms with van der Waals surface area (Å²) in [5.41, 5.74) is -3.02. The Labute approximate surface area is 145 Å². The number of rotatable bonds is 2. The van der Waals surface area contributed by atoms with E-state index in [0.29, 0.717) is 10.6 Å². The normalized spacial score (nSPS) is 22.2. The molecule has 0 aliphatic carbocycles. The second kappa shape index (κ2) is 6.03. The van der Waals surface area contributed by atoms with Crippen LogP contribution in [0.5, 0.6) is 0 Å². The topological polar surface area (TPSA) is 54.3 Å². The first-order chi connectivity index (χ1) is 11.8. The maximum Gasteiger partial charge on any atom is 0.445 e. The molecule has 0 N–H and O–H groups in total. The fourth-order valence-electron chi connectivity index (χ4n) is 2.38. The summed E-state index contributed by atoms with van der Waals surface area (Å²) in [6, 6.07) is 6.05. The zero-order chi connectivity index (χ0) is 18.2. The zero-order valence-corrected chi connectivity index (χ0v) is 13.5. The SMILES string of the molecule is COC(=O)[C@@]1(C(F)(F)F)N=C2C=CC=CN2C(c2ccc(Cl)cc2)=N1. The van der Waals surface area contributed by atoms with Crippen molar-refractivity contribution in [2.24, 2.45) is 9.98 Å². The van der Waals surface area contributed by atoms with Gasteiger partial charge >= 0.3 is 17.8 Å². The minimum atomic E-state index is -5.08. The average molecular weight is 370 g/mol. The number of alkyl halides is 3. The zero-order valence-electron chi connectivity index (χ0n) is 12.8. The Morgan fingerprint density at radius 2 is 1.88 bits per heavy atom. The highest BCUT2D eigenvalue weighted by atomic mass is 35.5. The van der Waals surface area contributed by atoms with Crippen molar-refractivity contribution in [1.29, 1.82) is 0 Å². The molecule has 2 aliphatic heterocycles. The number of esters is 1. The first-order valence-electron chi connectivity index (χ1n) is 7.03. The molecule has 0 unspecified atom stereocenters. The maximum absolute atomic E-state index is 13.7. The first-order valence-corrected chi connectivity index (χ1v) is 7.41. The number of nitrogens with zero attached hydrogens (tertiary/aromatic N) is 3. The van der Waals surface area contributed by atoms with Crippen LogP contribution in [0.15, 0.2) is 58.7 Å². The van der Waals surface area contributed by atoms with Gasteiger partial charge in [0.1, 0.15) is 11.7 Å². The molecule has 1 aromatic carbocycles. The number of halogens is 4. The molecule has 0 amide bonds. The lowest BCUT2D eigenvalue weighted by atomic mass is 10.1. The molecule has 3 rings (SSSR count). The van der Waals surface area contributed by atoms with E-state index in [2.05, 4.69) is 14.7 Å². The van der Waals surface area contributed by atoms with Crippen molar-refractivity contribution in [3.05, 3.63) is 59.3 Å². The summed E-state index contributed by atoms with van der Waals surface area (Å²) >= 11 is 5.83. The predicted octanol–water partition coefficient (Wildman–Crippen LogP) is 3.32. The number of methoxy groups -OCH3 is 1. The summed E-state index contributed by atoms with van der Waals surface area (Å²) in [6.07, 6.45) is 0.908. The minimum absolute atomic E-state index is 0.0785. The number of aliphatic imine (C=N–C) groups is 2. The third-order valence-corrected chi connectivity index (χ3v) is 3.83. The van der Waals surface area contributed by atoms with Gasteiger partial charge in [0.15, 0.2) is 0 Å². The van der Waals surface area contributed by atoms with Gasteiger partial charge in [0.05, 0.1) is 7.11 Å². The number of carbonyl (C=O) groups is 1. The number of carbonyl (C=O) groups excluding carboxylic acids is 1. The van der Waals surface area contributed by atoms with E-state index in [4.69, 9.17) is 11.6 Å². The van der Waals surface area contributed by atoms with Gasteiger partial charge in [-0.05, 0) is 36.4 Å². The van der Waals surface area contributed by atoms with Gasteiger partial charge in [0.25, 0.3) is 0 Å². The highest BCUT2D eigenvalue weighted by molar-refractivity contribution is 6.30. The first kappa shape index (κ1) is 17.2. The highest BCUT2D eigenvalue weighted by Crippen LogP contribution is 2.40. The van der Waals surface area contributed by atoms with E-state index in [0.717, 1.165) is 7.11 Å². The lowest BCUT2D eigenvalue weighted by molar-refractivity contribution is -0.202. The van der Waals surface area contributed by atoms with E-state index in [9.17, 15) is 18.0 Å². The van der Waals surface area contributed by atoms with Crippen molar-refractivity contribution < 1.29 is 22.7 Å². The third kappa shape index (κ3) is 2.82. The van der Waals surface area contributed by atoms with Crippen LogP contribution in [0.1, 0.15) is 5.56 Å². The van der Waals surface area contributed by atoms with Crippen LogP contribution in [0.3, 0.4) is 0 Å². The van der Waals surface area contributed by atoms with Crippen LogP contribution in [0.4, 0.5) is 13.2 Å². The van der Waals surface area contributed by atoms with E-state index in [1.54, 1.807) is 6.08 Å². The Hall–Kier alpha value is -2.61. The molecule has 0 fully saturated rings. The van der Waals surface area contributed by atoms with Gasteiger partial charge in [-0.2, -0.15) is 13.2 Å². The summed E-state index contributed by atoms with van der Waals surface area (Å²) < 4.78 is 45.6. The number of benzene rings is 1. The highest BCUT2D eigenvalue weighted by Gasteiger charge is 2.64. The number of fused-ring (bicyclic) bond motifs is 1. The lowest BCUT2D eigenvalue weighted by Crippen LogP contribution is -2.55. The standard InChI is InChI=1S/C16H11ClF3N3O2/c1-25-14(24)15(16(18,19)20)21-12-4-2-3-9-23(12)13(22-15)10-5-7-11(17)8-6-10/h2-9H,1H3/t15-/m1/s1. The molecule has 25 heavy (non-hydrogen) atoms. The van der Waals surface area contributed by atoms with E-state index in [1.807, 2.05) is 0 Å². The Kier molecular flexibility index (Phi) is 4.16. The molecule has 0 saturated carbocycles. The fraction of sp³-hybridized carbons (Fsp3) is 0.188. The van der Waals surface area contributed by atoms with Crippen LogP contribution in [0.25, 0.3) is 0 Å². The number of allylic oxidation sites excluding steroid dienone is 2. The largest absolute Gasteiger partial charge is 0.465 e. The molecular formula is C16H11ClF3N3O2. The molecular weight excluding hydrogens is 359 g/mol. The molecule has 2 heterocycles. The second-order valence-corrected chi connectivity index (χ2v) is 5.58. The van der Waals surface area contributed by atoms with Crippen LogP contribution >= 0.6 is 11.6 Å². The predicted molar refractivity (Wildman–Crippen MR) is 86.3 cm³/mol. The molecule has 0 bridgehead atoms. The van der Waals surface area contributed by atoms with Crippen molar-refractivity contribution >= 4 is 29.2 Å². The average Bonchev–Trinajstić information content (AvgIpc) is 2.59. The number of hydrogen-bond acceptors (Lipinski definition) is 5. The summed E-state index contributed by atoms with van der Waals surface area (Å²) in [5, 5.41) is 0.415. The van der Waals surface area contributed by atoms with Gasteiger partial charge in [0, 0.05) is 16.8 Å². The summed E-state index contributed by atoms with van der Waals surface area (Å²) in [4.78, 5) is 20.6. The van der Waals surface area contributed by atoms with Crippen molar-refractivity contribution in [1.82, 2.24) is 4.90 Å². The summed E-state index contributed by atoms with van der Waals surface area (Å²) in [5.74, 6) is -1.78. The molecule has 1 atom stereocenters. The van der Waals surface area contributed by atoms with E-state index >= 15 is 0 Å². The molecule has 1 aromatic rings. The quantitative estimate of drug-likeness (QED) is 0.751. The van der Waals surface area contributed by atoms with Gasteiger partial charge in [-0.1, -0.05) is 17.7 Å². The summed E-state index contributed by atoms with van der Waals surface area (Å²) in [7, 11) is 0.858. The molecule has 2 aliphatic rings. The summed E-state index contributed by atoms with van der Waals surface area (Å²) in [6.45, 7) is 0. The van der Waals surface area contributed by atoms with Crippen LogP contribution < -0.4 is 0 Å². The molecule has 0 spiro atoms. The lowest BCUT2D eigenvalue weighted by Gasteiger charge is -2.35. The Morgan fingerprint density at radius 1 is 1.20 bits per heavy atom. The maximum atomic E-state index is 13.7. The van der Waals surface area contributed by atoms with E-state index in [-0.39, 0.29) is 11.7 Å². The second-order valence-electron chi connectivity index (χ2n) is 5.14. The number of ether oxygens (including phenoxy) is 1. The molecule has 5 nitrogen and oxygen atoms in total. The van der Waals surface area contributed by atoms with Gasteiger partial charge in [-0.3, -0.25) is 4.90 Å². The third-order valence-electron chi connectivity index (χ3n) is 3.58. The molecule has 0 saturated heterocycles. The van der Waals surface area contributed by atoms with Crippen molar-refractivity contribution in [2.45, 2.75) is 11.8 Å². The van der Waals surface area contributed by atoms with E-state index in [1.165, 1.54) is 47.5 Å². The Bertz CT molecular complexity index is 828. The number of hydrogen-bond donors (Lipinski definition) is 0. The van der Waals surface area contributed by atoms with E-state index < -0.39 is 17.8 Å². The van der Waals surface area contributed by atoms with Crippen molar-refractivity contribution in [3.8, 4) is 0 Å². The molecule has 0 aromatic heterocycles. The molecule has 130 valence electrons. The molecule has 9 heteroatoms. The van der Waals surface area contributed by atoms with Gasteiger partial charge < -0.3 is 4.74 Å².